The lowest BCUT2D eigenvalue weighted by Crippen LogP contribution is -2.47. The van der Waals surface area contributed by atoms with E-state index in [1.165, 1.54) is 30.2 Å². The van der Waals surface area contributed by atoms with Crippen LogP contribution < -0.4 is 32.6 Å². The molecule has 1 aromatic carbocycles. The average Bonchev–Trinajstić information content (AvgIpc) is 3.95. The molecule has 376 valence electrons. The summed E-state index contributed by atoms with van der Waals surface area (Å²) in [5, 5.41) is 19.3. The van der Waals surface area contributed by atoms with Gasteiger partial charge in [-0.05, 0) is 87.1 Å². The van der Waals surface area contributed by atoms with Crippen LogP contribution in [0.3, 0.4) is 0 Å². The smallest absolute Gasteiger partial charge is 0.450 e. The van der Waals surface area contributed by atoms with E-state index in [0.717, 1.165) is 72.7 Å². The number of carbonyl (C=O) groups is 7. The number of aryl methyl sites for hydroxylation is 3. The maximum Gasteiger partial charge on any atom is 0.506 e. The number of amides is 6. The molecule has 4 aliphatic rings. The number of halogens is 1. The van der Waals surface area contributed by atoms with Gasteiger partial charge in [0.2, 0.25) is 35.4 Å². The van der Waals surface area contributed by atoms with Crippen LogP contribution >= 0.6 is 0 Å². The molecule has 69 heavy (non-hydrogen) atoms. The fourth-order valence-electron chi connectivity index (χ4n) is 8.94. The lowest BCUT2D eigenvalue weighted by atomic mass is 9.85. The number of hydrogen-bond acceptors (Lipinski definition) is 12. The molecule has 2 fully saturated rings. The highest BCUT2D eigenvalue weighted by Crippen LogP contribution is 2.41. The molecule has 6 amide bonds. The van der Waals surface area contributed by atoms with E-state index in [-0.39, 0.29) is 62.8 Å². The first-order valence-electron chi connectivity index (χ1n) is 23.7. The second-order valence-corrected chi connectivity index (χ2v) is 17.1. The zero-order chi connectivity index (χ0) is 50.2. The van der Waals surface area contributed by atoms with Crippen molar-refractivity contribution in [3.63, 3.8) is 0 Å². The number of aromatic nitrogens is 2. The number of fused-ring (bicyclic) bond motifs is 4. The summed E-state index contributed by atoms with van der Waals surface area (Å²) >= 11 is 0. The van der Waals surface area contributed by atoms with E-state index in [1.807, 2.05) is 26.8 Å². The Morgan fingerprint density at radius 1 is 0.768 bits per heavy atom. The molecule has 1 saturated heterocycles. The summed E-state index contributed by atoms with van der Waals surface area (Å²) in [6, 6.07) is 3.33. The zero-order valence-electron chi connectivity index (χ0n) is 39.9. The van der Waals surface area contributed by atoms with E-state index in [9.17, 15) is 42.7 Å². The predicted octanol–water partition coefficient (Wildman–Crippen LogP) is 2.92. The van der Waals surface area contributed by atoms with Crippen molar-refractivity contribution >= 4 is 52.5 Å². The highest BCUT2D eigenvalue weighted by molar-refractivity contribution is 5.93. The number of hydrogen-bond donors (Lipinski definition) is 6. The van der Waals surface area contributed by atoms with Crippen LogP contribution in [0.4, 0.5) is 9.18 Å². The molecule has 2 aliphatic carbocycles. The van der Waals surface area contributed by atoms with Crippen molar-refractivity contribution in [2.75, 3.05) is 45.9 Å². The molecular formula is C48H65FN8O12. The number of carboxylic acid groups (broad SMARTS) is 1. The first kappa shape index (κ1) is 53.5. The van der Waals surface area contributed by atoms with Crippen molar-refractivity contribution in [3.8, 4) is 11.4 Å². The third-order valence-corrected chi connectivity index (χ3v) is 12.4. The maximum absolute atomic E-state index is 14.5. The Kier molecular flexibility index (Phi) is 20.0. The molecule has 3 aromatic rings. The number of carbonyl (C=O) groups excluding carboxylic acids is 6. The number of likely N-dealkylation sites (tertiary alicyclic amines) is 1. The van der Waals surface area contributed by atoms with Gasteiger partial charge in [-0.25, -0.2) is 14.2 Å². The molecule has 0 radical (unpaired) electrons. The number of nitrogens with one attached hydrogen (secondary N) is 4. The SMILES string of the molecule is CC.Cc1cc2n(c(=O)c1COC(=O)O)Cc1c-2nc2cc(F)c(C)c3c2c1CCC3.NC(=O)COC1CCCN1C(=O)CNC(=O)CNC(=O)CNC(=O)CNC(=O)COC1CCCCCCC1. The largest absolute Gasteiger partial charge is 0.506 e. The predicted molar refractivity (Wildman–Crippen MR) is 250 cm³/mol. The van der Waals surface area contributed by atoms with Crippen molar-refractivity contribution in [2.45, 2.75) is 130 Å². The summed E-state index contributed by atoms with van der Waals surface area (Å²) < 4.78 is 31.7. The van der Waals surface area contributed by atoms with Crippen LogP contribution in [0.2, 0.25) is 0 Å². The summed E-state index contributed by atoms with van der Waals surface area (Å²) in [7, 11) is 0. The summed E-state index contributed by atoms with van der Waals surface area (Å²) in [4.78, 5) is 101. The fourth-order valence-corrected chi connectivity index (χ4v) is 8.94. The fraction of sp³-hybridized carbons (Fsp3) is 0.562. The van der Waals surface area contributed by atoms with E-state index < -0.39 is 48.5 Å². The monoisotopic (exact) mass is 964 g/mol. The van der Waals surface area contributed by atoms with Crippen LogP contribution in [0.15, 0.2) is 16.9 Å². The molecule has 7 N–H and O–H groups in total. The van der Waals surface area contributed by atoms with Crippen LogP contribution in [0, 0.1) is 19.7 Å². The molecule has 1 saturated carbocycles. The van der Waals surface area contributed by atoms with Gasteiger partial charge < -0.3 is 55.8 Å². The first-order valence-corrected chi connectivity index (χ1v) is 23.7. The standard InChI is InChI=1S/C24H40N6O8.C22H19FN2O4.C2H6/c25-18(31)15-38-24-9-6-10-30(24)23(36)14-29-21(34)12-27-19(32)11-26-20(33)13-28-22(35)16-37-17-7-4-2-1-3-5-8-17;1-10-6-18-20-14(8-25(18)21(26)15(10)9-29-22(27)28)13-5-3-4-12-11(2)16(23)7-17(24-20)19(12)13;1-2/h17,24H,1-16H2,(H2,25,31)(H,26,33)(H,27,32)(H,28,35)(H,29,34);6-7H,3-5,8-9H2,1-2H3,(H,27,28);1-2H3. The van der Waals surface area contributed by atoms with Crippen LogP contribution in [-0.4, -0.2) is 119 Å². The normalized spacial score (nSPS) is 16.0. The van der Waals surface area contributed by atoms with Crippen molar-refractivity contribution in [2.24, 2.45) is 5.73 Å². The molecule has 0 spiro atoms. The number of nitrogens with zero attached hydrogens (tertiary/aromatic N) is 3. The second kappa shape index (κ2) is 25.8. The molecule has 2 aliphatic heterocycles. The molecule has 7 rings (SSSR count). The van der Waals surface area contributed by atoms with Crippen molar-refractivity contribution in [1.82, 2.24) is 35.7 Å². The number of nitrogens with two attached hydrogens (primary N) is 1. The van der Waals surface area contributed by atoms with E-state index in [4.69, 9.17) is 25.3 Å². The lowest BCUT2D eigenvalue weighted by molar-refractivity contribution is -0.145. The van der Waals surface area contributed by atoms with Gasteiger partial charge in [-0.1, -0.05) is 46.0 Å². The van der Waals surface area contributed by atoms with Gasteiger partial charge in [0, 0.05) is 23.6 Å². The van der Waals surface area contributed by atoms with Gasteiger partial charge in [0.05, 0.1) is 61.3 Å². The highest BCUT2D eigenvalue weighted by atomic mass is 19.1. The summed E-state index contributed by atoms with van der Waals surface area (Å²) in [6.07, 6.45) is 9.62. The summed E-state index contributed by atoms with van der Waals surface area (Å²) in [5.41, 5.74) is 11.7. The third kappa shape index (κ3) is 14.5. The highest BCUT2D eigenvalue weighted by Gasteiger charge is 2.32. The number of rotatable bonds is 16. The minimum absolute atomic E-state index is 0.0633. The van der Waals surface area contributed by atoms with Crippen molar-refractivity contribution in [3.05, 3.63) is 61.7 Å². The van der Waals surface area contributed by atoms with Crippen molar-refractivity contribution < 1.29 is 57.3 Å². The molecule has 21 heteroatoms. The third-order valence-electron chi connectivity index (χ3n) is 12.4. The second-order valence-electron chi connectivity index (χ2n) is 17.1. The average molecular weight is 965 g/mol. The molecule has 0 bridgehead atoms. The van der Waals surface area contributed by atoms with Crippen molar-refractivity contribution in [1.29, 1.82) is 0 Å². The van der Waals surface area contributed by atoms with Crippen LogP contribution in [0.5, 0.6) is 0 Å². The number of pyridine rings is 2. The molecule has 1 atom stereocenters. The van der Waals surface area contributed by atoms with Gasteiger partial charge in [0.1, 0.15) is 31.9 Å². The molecule has 4 heterocycles. The minimum atomic E-state index is -1.42. The Bertz CT molecular complexity index is 2450. The maximum atomic E-state index is 14.5. The first-order chi connectivity index (χ1) is 33.1. The molecule has 1 unspecified atom stereocenters. The quantitative estimate of drug-likeness (QED) is 0.0883. The van der Waals surface area contributed by atoms with Gasteiger partial charge in [-0.2, -0.15) is 0 Å². The molecule has 20 nitrogen and oxygen atoms in total. The molecular weight excluding hydrogens is 900 g/mol. The molecule has 2 aromatic heterocycles. The van der Waals surface area contributed by atoms with Gasteiger partial charge in [-0.15, -0.1) is 0 Å². The number of benzene rings is 1. The van der Waals surface area contributed by atoms with E-state index in [2.05, 4.69) is 26.0 Å². The van der Waals surface area contributed by atoms with E-state index >= 15 is 0 Å². The minimum Gasteiger partial charge on any atom is -0.450 e. The zero-order valence-corrected chi connectivity index (χ0v) is 39.9. The Labute approximate surface area is 399 Å². The van der Waals surface area contributed by atoms with Gasteiger partial charge in [-0.3, -0.25) is 33.6 Å². The van der Waals surface area contributed by atoms with Crippen LogP contribution in [0.1, 0.15) is 111 Å². The Balaban J connectivity index is 0.000000255. The Hall–Kier alpha value is -6.48. The van der Waals surface area contributed by atoms with Gasteiger partial charge >= 0.3 is 6.16 Å². The summed E-state index contributed by atoms with van der Waals surface area (Å²) in [6.45, 7) is 6.31. The summed E-state index contributed by atoms with van der Waals surface area (Å²) in [5.74, 6) is -3.45. The van der Waals surface area contributed by atoms with E-state index in [0.29, 0.717) is 53.8 Å². The number of primary amides is 1. The van der Waals surface area contributed by atoms with E-state index in [1.54, 1.807) is 11.5 Å². The van der Waals surface area contributed by atoms with Crippen LogP contribution in [0.25, 0.3) is 22.3 Å². The van der Waals surface area contributed by atoms with Crippen LogP contribution in [-0.2, 0) is 69.0 Å². The number of ether oxygens (including phenoxy) is 3. The van der Waals surface area contributed by atoms with Gasteiger partial charge in [0.25, 0.3) is 5.56 Å². The Morgan fingerprint density at radius 3 is 2.01 bits per heavy atom. The topological polar surface area (TPSA) is 280 Å². The lowest BCUT2D eigenvalue weighted by Gasteiger charge is -2.24. The van der Waals surface area contributed by atoms with Gasteiger partial charge in [0.15, 0.2) is 0 Å². The Morgan fingerprint density at radius 2 is 1.38 bits per heavy atom.